The van der Waals surface area contributed by atoms with Crippen molar-refractivity contribution in [3.8, 4) is 22.2 Å². The number of pyridine rings is 1. The number of anilines is 2. The number of amides is 2. The molecular weight excluding hydrogens is 557 g/mol. The molecule has 0 bridgehead atoms. The van der Waals surface area contributed by atoms with E-state index in [1.54, 1.807) is 19.4 Å². The highest BCUT2D eigenvalue weighted by molar-refractivity contribution is 7.22. The number of urea groups is 1. The van der Waals surface area contributed by atoms with E-state index in [-0.39, 0.29) is 17.1 Å². The fourth-order valence-electron chi connectivity index (χ4n) is 3.94. The summed E-state index contributed by atoms with van der Waals surface area (Å²) in [5.74, 6) is -1.25. The molecule has 13 heteroatoms. The molecule has 0 aliphatic carbocycles. The highest BCUT2D eigenvalue weighted by Gasteiger charge is 2.16. The molecule has 2 amide bonds. The number of H-pyrrole nitrogens is 1. The standard InChI is InChI=1S/C28H25F3N6O3S/c1-15-22(14-32-9-10-39-2)36-27(34-15)25-13-21-26(41-25)24(7-8-33-21)40-23-6-4-17(12-19(23)31)35-28(38)37-20-11-16(29)3-5-18(20)30/h3-8,11-13,32H,9-10,14H2,1-2H3,(H,34,36)(H2,35,37,38). The van der Waals surface area contributed by atoms with Gasteiger partial charge in [0.15, 0.2) is 11.6 Å². The topological polar surface area (TPSA) is 113 Å². The zero-order chi connectivity index (χ0) is 28.9. The van der Waals surface area contributed by atoms with Crippen LogP contribution in [0.15, 0.2) is 54.7 Å². The SMILES string of the molecule is COCCNCc1nc(-c2cc3nccc(Oc4ccc(NC(=O)Nc5cc(F)ccc5F)cc4F)c3s2)[nH]c1C. The lowest BCUT2D eigenvalue weighted by molar-refractivity contribution is 0.199. The van der Waals surface area contributed by atoms with Gasteiger partial charge >= 0.3 is 6.03 Å². The first kappa shape index (κ1) is 28.1. The van der Waals surface area contributed by atoms with Crippen LogP contribution in [0.3, 0.4) is 0 Å². The van der Waals surface area contributed by atoms with Crippen LogP contribution in [0.1, 0.15) is 11.4 Å². The second-order valence-corrected chi connectivity index (χ2v) is 9.96. The van der Waals surface area contributed by atoms with Crippen LogP contribution >= 0.6 is 11.3 Å². The minimum atomic E-state index is -0.869. The zero-order valence-electron chi connectivity index (χ0n) is 22.0. The van der Waals surface area contributed by atoms with Gasteiger partial charge in [0.1, 0.15) is 23.2 Å². The average molecular weight is 583 g/mol. The van der Waals surface area contributed by atoms with Crippen LogP contribution in [0.25, 0.3) is 20.9 Å². The fourth-order valence-corrected chi connectivity index (χ4v) is 4.95. The van der Waals surface area contributed by atoms with E-state index < -0.39 is 23.5 Å². The number of fused-ring (bicyclic) bond motifs is 1. The number of nitrogens with zero attached hydrogens (tertiary/aromatic N) is 2. The number of carbonyl (C=O) groups excluding carboxylic acids is 1. The smallest absolute Gasteiger partial charge is 0.323 e. The summed E-state index contributed by atoms with van der Waals surface area (Å²) in [4.78, 5) is 25.5. The molecule has 3 heterocycles. The van der Waals surface area contributed by atoms with E-state index in [9.17, 15) is 18.0 Å². The molecule has 5 aromatic rings. The molecule has 0 atom stereocenters. The number of nitrogens with one attached hydrogen (secondary N) is 4. The largest absolute Gasteiger partial charge is 0.453 e. The van der Waals surface area contributed by atoms with E-state index in [0.29, 0.717) is 41.5 Å². The van der Waals surface area contributed by atoms with Gasteiger partial charge in [0.25, 0.3) is 0 Å². The van der Waals surface area contributed by atoms with E-state index in [1.807, 2.05) is 13.0 Å². The Morgan fingerprint density at radius 3 is 2.68 bits per heavy atom. The second-order valence-electron chi connectivity index (χ2n) is 8.91. The van der Waals surface area contributed by atoms with E-state index >= 15 is 0 Å². The van der Waals surface area contributed by atoms with E-state index in [0.717, 1.165) is 40.5 Å². The van der Waals surface area contributed by atoms with Crippen LogP contribution in [0, 0.1) is 24.4 Å². The minimum absolute atomic E-state index is 0.0761. The first-order valence-corrected chi connectivity index (χ1v) is 13.3. The molecule has 0 spiro atoms. The summed E-state index contributed by atoms with van der Waals surface area (Å²) in [6.07, 6.45) is 1.57. The molecule has 0 aliphatic heterocycles. The van der Waals surface area contributed by atoms with Gasteiger partial charge in [-0.05, 0) is 37.3 Å². The highest BCUT2D eigenvalue weighted by atomic mass is 32.1. The first-order valence-electron chi connectivity index (χ1n) is 12.4. The van der Waals surface area contributed by atoms with Gasteiger partial charge in [0, 0.05) is 56.0 Å². The number of rotatable bonds is 10. The Morgan fingerprint density at radius 2 is 1.88 bits per heavy atom. The summed E-state index contributed by atoms with van der Waals surface area (Å²) < 4.78 is 53.7. The molecule has 0 radical (unpaired) electrons. The number of halogens is 3. The number of aromatic amines is 1. The molecule has 0 unspecified atom stereocenters. The number of benzene rings is 2. The number of ether oxygens (including phenoxy) is 2. The van der Waals surface area contributed by atoms with Crippen LogP contribution in [0.4, 0.5) is 29.3 Å². The third-order valence-corrected chi connectivity index (χ3v) is 7.10. The van der Waals surface area contributed by atoms with Crippen molar-refractivity contribution in [1.82, 2.24) is 20.3 Å². The summed E-state index contributed by atoms with van der Waals surface area (Å²) in [6.45, 7) is 3.86. The Morgan fingerprint density at radius 1 is 1.02 bits per heavy atom. The molecule has 0 saturated heterocycles. The minimum Gasteiger partial charge on any atom is -0.453 e. The molecule has 9 nitrogen and oxygen atoms in total. The molecular formula is C28H25F3N6O3S. The lowest BCUT2D eigenvalue weighted by Crippen LogP contribution is -2.20. The Bertz CT molecular complexity index is 1710. The molecule has 212 valence electrons. The molecule has 0 saturated carbocycles. The number of hydrogen-bond donors (Lipinski definition) is 4. The van der Waals surface area contributed by atoms with Crippen molar-refractivity contribution in [1.29, 1.82) is 0 Å². The van der Waals surface area contributed by atoms with Gasteiger partial charge in [-0.1, -0.05) is 0 Å². The molecule has 5 rings (SSSR count). The number of thiophene rings is 1. The predicted molar refractivity (Wildman–Crippen MR) is 151 cm³/mol. The van der Waals surface area contributed by atoms with Gasteiger partial charge in [0.05, 0.1) is 33.1 Å². The van der Waals surface area contributed by atoms with Crippen molar-refractivity contribution in [3.05, 3.63) is 83.6 Å². The normalized spacial score (nSPS) is 11.1. The second kappa shape index (κ2) is 12.4. The third kappa shape index (κ3) is 6.65. The predicted octanol–water partition coefficient (Wildman–Crippen LogP) is 6.58. The van der Waals surface area contributed by atoms with Crippen molar-refractivity contribution < 1.29 is 27.4 Å². The van der Waals surface area contributed by atoms with Crippen LogP contribution in [0.2, 0.25) is 0 Å². The van der Waals surface area contributed by atoms with Crippen LogP contribution in [-0.4, -0.2) is 41.2 Å². The van der Waals surface area contributed by atoms with Gasteiger partial charge in [0.2, 0.25) is 0 Å². The van der Waals surface area contributed by atoms with Gasteiger partial charge < -0.3 is 30.4 Å². The number of carbonyl (C=O) groups is 1. The quantitative estimate of drug-likeness (QED) is 0.138. The Kier molecular flexibility index (Phi) is 8.47. The molecule has 3 aromatic heterocycles. The maximum atomic E-state index is 15.0. The summed E-state index contributed by atoms with van der Waals surface area (Å²) in [7, 11) is 1.65. The van der Waals surface area contributed by atoms with E-state index in [1.165, 1.54) is 23.5 Å². The highest BCUT2D eigenvalue weighted by Crippen LogP contribution is 2.39. The van der Waals surface area contributed by atoms with E-state index in [2.05, 4.69) is 25.9 Å². The average Bonchev–Trinajstić information content (AvgIpc) is 3.54. The van der Waals surface area contributed by atoms with E-state index in [4.69, 9.17) is 14.5 Å². The Hall–Kier alpha value is -4.46. The van der Waals surface area contributed by atoms with Gasteiger partial charge in [-0.2, -0.15) is 0 Å². The lowest BCUT2D eigenvalue weighted by Gasteiger charge is -2.11. The maximum absolute atomic E-state index is 15.0. The van der Waals surface area contributed by atoms with Crippen molar-refractivity contribution in [3.63, 3.8) is 0 Å². The van der Waals surface area contributed by atoms with Gasteiger partial charge in [-0.15, -0.1) is 11.3 Å². The number of hydrogen-bond acceptors (Lipinski definition) is 7. The van der Waals surface area contributed by atoms with Gasteiger partial charge in [-0.3, -0.25) is 4.98 Å². The molecule has 4 N–H and O–H groups in total. The number of imidazole rings is 1. The van der Waals surface area contributed by atoms with Crippen molar-refractivity contribution in [2.45, 2.75) is 13.5 Å². The fraction of sp³-hybridized carbons (Fsp3) is 0.179. The lowest BCUT2D eigenvalue weighted by atomic mass is 10.2. The molecule has 2 aromatic carbocycles. The monoisotopic (exact) mass is 582 g/mol. The first-order chi connectivity index (χ1) is 19.8. The van der Waals surface area contributed by atoms with Crippen molar-refractivity contribution in [2.24, 2.45) is 0 Å². The Balaban J connectivity index is 1.29. The van der Waals surface area contributed by atoms with Crippen LogP contribution < -0.4 is 20.7 Å². The zero-order valence-corrected chi connectivity index (χ0v) is 22.8. The Labute approximate surface area is 236 Å². The number of methoxy groups -OCH3 is 1. The maximum Gasteiger partial charge on any atom is 0.323 e. The van der Waals surface area contributed by atoms with Crippen LogP contribution in [0.5, 0.6) is 11.5 Å². The van der Waals surface area contributed by atoms with Crippen molar-refractivity contribution in [2.75, 3.05) is 30.9 Å². The van der Waals surface area contributed by atoms with Gasteiger partial charge in [-0.25, -0.2) is 22.9 Å². The summed E-state index contributed by atoms with van der Waals surface area (Å²) in [6, 6.07) is 9.14. The summed E-state index contributed by atoms with van der Waals surface area (Å²) in [5.41, 5.74) is 2.24. The number of aromatic nitrogens is 3. The third-order valence-electron chi connectivity index (χ3n) is 5.96. The number of aryl methyl sites for hydroxylation is 1. The molecule has 41 heavy (non-hydrogen) atoms. The van der Waals surface area contributed by atoms with Crippen LogP contribution in [-0.2, 0) is 11.3 Å². The molecule has 0 fully saturated rings. The van der Waals surface area contributed by atoms with Crippen molar-refractivity contribution >= 4 is 39.0 Å². The molecule has 0 aliphatic rings. The summed E-state index contributed by atoms with van der Waals surface area (Å²) >= 11 is 1.40. The summed E-state index contributed by atoms with van der Waals surface area (Å²) in [5, 5.41) is 7.85.